The molecule has 5 heteroatoms. The standard InChI is InChI=1S/C19H33NO3Si/c1-19(2,3)24(5,6)23-18-11-16(21)13-20(14-18)12-15-7-9-17(22-4)10-8-15/h7-10,16,18,21H,11-14H2,1-6H3/t16-,18+/m0/s1. The fraction of sp³-hybridized carbons (Fsp3) is 0.684. The first-order valence-electron chi connectivity index (χ1n) is 8.82. The van der Waals surface area contributed by atoms with E-state index in [0.29, 0.717) is 6.54 Å². The summed E-state index contributed by atoms with van der Waals surface area (Å²) >= 11 is 0. The summed E-state index contributed by atoms with van der Waals surface area (Å²) in [6.07, 6.45) is 0.547. The van der Waals surface area contributed by atoms with Gasteiger partial charge in [0.05, 0.1) is 19.3 Å². The summed E-state index contributed by atoms with van der Waals surface area (Å²) in [5, 5.41) is 10.5. The third kappa shape index (κ3) is 5.05. The topological polar surface area (TPSA) is 41.9 Å². The van der Waals surface area contributed by atoms with Gasteiger partial charge < -0.3 is 14.3 Å². The van der Waals surface area contributed by atoms with Crippen LogP contribution in [0.25, 0.3) is 0 Å². The lowest BCUT2D eigenvalue weighted by Crippen LogP contribution is -2.52. The minimum atomic E-state index is -1.81. The Hall–Kier alpha value is -0.883. The van der Waals surface area contributed by atoms with Gasteiger partial charge in [0, 0.05) is 26.1 Å². The molecule has 1 aliphatic rings. The van der Waals surface area contributed by atoms with Gasteiger partial charge >= 0.3 is 0 Å². The monoisotopic (exact) mass is 351 g/mol. The van der Waals surface area contributed by atoms with Crippen molar-refractivity contribution in [3.8, 4) is 5.75 Å². The molecule has 1 aliphatic heterocycles. The Bertz CT molecular complexity index is 524. The van der Waals surface area contributed by atoms with Gasteiger partial charge in [0.1, 0.15) is 5.75 Å². The molecule has 1 heterocycles. The molecule has 1 fully saturated rings. The fourth-order valence-electron chi connectivity index (χ4n) is 2.91. The van der Waals surface area contributed by atoms with Gasteiger partial charge in [-0.15, -0.1) is 0 Å². The molecule has 4 nitrogen and oxygen atoms in total. The number of hydrogen-bond donors (Lipinski definition) is 1. The van der Waals surface area contributed by atoms with Crippen molar-refractivity contribution < 1.29 is 14.3 Å². The summed E-state index contributed by atoms with van der Waals surface area (Å²) in [6, 6.07) is 8.14. The molecule has 0 bridgehead atoms. The van der Waals surface area contributed by atoms with E-state index in [4.69, 9.17) is 9.16 Å². The first-order chi connectivity index (χ1) is 11.1. The number of aliphatic hydroxyl groups is 1. The summed E-state index contributed by atoms with van der Waals surface area (Å²) in [4.78, 5) is 2.30. The highest BCUT2D eigenvalue weighted by atomic mass is 28.4. The van der Waals surface area contributed by atoms with Gasteiger partial charge in [-0.05, 0) is 35.8 Å². The Kier molecular flexibility index (Phi) is 6.12. The zero-order chi connectivity index (χ0) is 18.0. The van der Waals surface area contributed by atoms with Crippen molar-refractivity contribution >= 4 is 8.32 Å². The quantitative estimate of drug-likeness (QED) is 0.822. The molecule has 0 amide bonds. The fourth-order valence-corrected chi connectivity index (χ4v) is 4.27. The smallest absolute Gasteiger partial charge is 0.192 e. The number of likely N-dealkylation sites (tertiary alicyclic amines) is 1. The maximum Gasteiger partial charge on any atom is 0.192 e. The van der Waals surface area contributed by atoms with E-state index in [1.165, 1.54) is 5.56 Å². The van der Waals surface area contributed by atoms with Crippen molar-refractivity contribution in [3.05, 3.63) is 29.8 Å². The summed E-state index contributed by atoms with van der Waals surface area (Å²) in [5.74, 6) is 0.872. The summed E-state index contributed by atoms with van der Waals surface area (Å²) in [5.41, 5.74) is 1.23. The number of piperidine rings is 1. The molecule has 2 atom stereocenters. The number of aliphatic hydroxyl groups excluding tert-OH is 1. The van der Waals surface area contributed by atoms with E-state index in [-0.39, 0.29) is 17.2 Å². The number of rotatable bonds is 5. The minimum absolute atomic E-state index is 0.118. The molecule has 0 aliphatic carbocycles. The lowest BCUT2D eigenvalue weighted by molar-refractivity contribution is -0.00568. The third-order valence-corrected chi connectivity index (χ3v) is 9.83. The summed E-state index contributed by atoms with van der Waals surface area (Å²) < 4.78 is 11.7. The van der Waals surface area contributed by atoms with E-state index in [9.17, 15) is 5.11 Å². The SMILES string of the molecule is COc1ccc(CN2C[C@@H](O)C[C@@H](O[Si](C)(C)C(C)(C)C)C2)cc1. The number of β-amino-alcohol motifs (C(OH)–C–C–N with tert-alkyl or cyclic N) is 1. The Labute approximate surface area is 147 Å². The van der Waals surface area contributed by atoms with Crippen LogP contribution in [0.3, 0.4) is 0 Å². The molecule has 0 unspecified atom stereocenters. The average molecular weight is 352 g/mol. The predicted octanol–water partition coefficient (Wildman–Crippen LogP) is 3.65. The van der Waals surface area contributed by atoms with Gasteiger partial charge in [-0.1, -0.05) is 32.9 Å². The molecule has 0 aromatic heterocycles. The number of ether oxygens (including phenoxy) is 1. The van der Waals surface area contributed by atoms with Crippen molar-refractivity contribution in [1.82, 2.24) is 4.90 Å². The Morgan fingerprint density at radius 2 is 1.79 bits per heavy atom. The van der Waals surface area contributed by atoms with Crippen molar-refractivity contribution in [1.29, 1.82) is 0 Å². The first-order valence-corrected chi connectivity index (χ1v) is 11.7. The van der Waals surface area contributed by atoms with Crippen LogP contribution < -0.4 is 4.74 Å². The Morgan fingerprint density at radius 3 is 2.33 bits per heavy atom. The van der Waals surface area contributed by atoms with Crippen molar-refractivity contribution in [2.45, 2.75) is 64.1 Å². The second-order valence-corrected chi connectivity index (χ2v) is 13.2. The maximum atomic E-state index is 10.3. The Morgan fingerprint density at radius 1 is 1.17 bits per heavy atom. The second kappa shape index (κ2) is 7.56. The Balaban J connectivity index is 1.99. The molecular formula is C19H33NO3Si. The molecule has 1 N–H and O–H groups in total. The van der Waals surface area contributed by atoms with Crippen LogP contribution in [-0.4, -0.2) is 50.7 Å². The zero-order valence-corrected chi connectivity index (χ0v) is 17.0. The zero-order valence-electron chi connectivity index (χ0n) is 16.0. The number of benzene rings is 1. The van der Waals surface area contributed by atoms with Crippen LogP contribution in [-0.2, 0) is 11.0 Å². The molecule has 136 valence electrons. The van der Waals surface area contributed by atoms with Gasteiger partial charge in [0.15, 0.2) is 8.32 Å². The molecule has 1 saturated heterocycles. The highest BCUT2D eigenvalue weighted by Gasteiger charge is 2.40. The predicted molar refractivity (Wildman–Crippen MR) is 101 cm³/mol. The van der Waals surface area contributed by atoms with Crippen LogP contribution in [0.5, 0.6) is 5.75 Å². The van der Waals surface area contributed by atoms with Gasteiger partial charge in [-0.3, -0.25) is 4.90 Å². The highest BCUT2D eigenvalue weighted by molar-refractivity contribution is 6.74. The van der Waals surface area contributed by atoms with Gasteiger partial charge in [-0.2, -0.15) is 0 Å². The minimum Gasteiger partial charge on any atom is -0.497 e. The molecule has 0 radical (unpaired) electrons. The maximum absolute atomic E-state index is 10.3. The number of hydrogen-bond acceptors (Lipinski definition) is 4. The third-order valence-electron chi connectivity index (χ3n) is 5.30. The van der Waals surface area contributed by atoms with E-state index >= 15 is 0 Å². The van der Waals surface area contributed by atoms with Crippen molar-refractivity contribution in [2.75, 3.05) is 20.2 Å². The van der Waals surface area contributed by atoms with E-state index < -0.39 is 8.32 Å². The van der Waals surface area contributed by atoms with Crippen LogP contribution in [0.2, 0.25) is 18.1 Å². The van der Waals surface area contributed by atoms with Gasteiger partial charge in [-0.25, -0.2) is 0 Å². The summed E-state index contributed by atoms with van der Waals surface area (Å²) in [7, 11) is -0.131. The van der Waals surface area contributed by atoms with Crippen molar-refractivity contribution in [3.63, 3.8) is 0 Å². The lowest BCUT2D eigenvalue weighted by atomic mass is 10.0. The van der Waals surface area contributed by atoms with E-state index in [1.54, 1.807) is 7.11 Å². The van der Waals surface area contributed by atoms with E-state index in [1.807, 2.05) is 12.1 Å². The summed E-state index contributed by atoms with van der Waals surface area (Å²) in [6.45, 7) is 13.8. The molecule has 0 saturated carbocycles. The van der Waals surface area contributed by atoms with Crippen LogP contribution in [0.1, 0.15) is 32.8 Å². The molecule has 2 rings (SSSR count). The largest absolute Gasteiger partial charge is 0.497 e. The van der Waals surface area contributed by atoms with E-state index in [2.05, 4.69) is 50.9 Å². The molecule has 1 aromatic rings. The average Bonchev–Trinajstić information content (AvgIpc) is 2.45. The first kappa shape index (κ1) is 19.4. The normalized spacial score (nSPS) is 23.3. The van der Waals surface area contributed by atoms with E-state index in [0.717, 1.165) is 25.3 Å². The van der Waals surface area contributed by atoms with Gasteiger partial charge in [0.2, 0.25) is 0 Å². The molecule has 24 heavy (non-hydrogen) atoms. The van der Waals surface area contributed by atoms with Gasteiger partial charge in [0.25, 0.3) is 0 Å². The van der Waals surface area contributed by atoms with Crippen LogP contribution in [0.15, 0.2) is 24.3 Å². The lowest BCUT2D eigenvalue weighted by Gasteiger charge is -2.43. The highest BCUT2D eigenvalue weighted by Crippen LogP contribution is 2.38. The second-order valence-electron chi connectivity index (χ2n) is 8.43. The van der Waals surface area contributed by atoms with Crippen molar-refractivity contribution in [2.24, 2.45) is 0 Å². The van der Waals surface area contributed by atoms with Crippen LogP contribution in [0.4, 0.5) is 0 Å². The number of methoxy groups -OCH3 is 1. The van der Waals surface area contributed by atoms with Crippen LogP contribution in [0, 0.1) is 0 Å². The molecule has 1 aromatic carbocycles. The number of nitrogens with zero attached hydrogens (tertiary/aromatic N) is 1. The molecule has 0 spiro atoms. The van der Waals surface area contributed by atoms with Crippen LogP contribution >= 0.6 is 0 Å². The molecular weight excluding hydrogens is 318 g/mol.